The molecular formula is C9H14F4. The van der Waals surface area contributed by atoms with E-state index in [-0.39, 0.29) is 6.42 Å². The van der Waals surface area contributed by atoms with Crippen molar-refractivity contribution in [2.75, 3.05) is 0 Å². The Hall–Kier alpha value is -0.280. The van der Waals surface area contributed by atoms with Crippen LogP contribution < -0.4 is 0 Å². The van der Waals surface area contributed by atoms with Gasteiger partial charge in [-0.25, -0.2) is 17.6 Å². The summed E-state index contributed by atoms with van der Waals surface area (Å²) >= 11 is 0. The quantitative estimate of drug-likeness (QED) is 0.522. The molecule has 0 N–H and O–H groups in total. The molecule has 0 aromatic heterocycles. The van der Waals surface area contributed by atoms with Crippen LogP contribution in [0.3, 0.4) is 0 Å². The van der Waals surface area contributed by atoms with Gasteiger partial charge < -0.3 is 0 Å². The third-order valence-corrected chi connectivity index (χ3v) is 3.18. The highest BCUT2D eigenvalue weighted by molar-refractivity contribution is 4.97. The molecule has 0 radical (unpaired) electrons. The van der Waals surface area contributed by atoms with Gasteiger partial charge in [0.1, 0.15) is 0 Å². The first-order chi connectivity index (χ1) is 5.70. The Morgan fingerprint density at radius 3 is 1.46 bits per heavy atom. The summed E-state index contributed by atoms with van der Waals surface area (Å²) in [4.78, 5) is 0. The molecule has 0 nitrogen and oxygen atoms in total. The molecule has 0 aliphatic heterocycles. The lowest BCUT2D eigenvalue weighted by Gasteiger charge is -2.43. The smallest absolute Gasteiger partial charge is 0.206 e. The molecule has 2 atom stereocenters. The fourth-order valence-electron chi connectivity index (χ4n) is 1.95. The minimum atomic E-state index is -3.24. The van der Waals surface area contributed by atoms with Crippen molar-refractivity contribution in [2.24, 2.45) is 17.8 Å². The SMILES string of the molecule is CC1CC(C)C(F)(F)C(C)C1(F)F. The maximum atomic E-state index is 13.2. The van der Waals surface area contributed by atoms with Crippen molar-refractivity contribution < 1.29 is 17.6 Å². The number of hydrogen-bond acceptors (Lipinski definition) is 0. The number of rotatable bonds is 0. The topological polar surface area (TPSA) is 0 Å². The molecule has 0 aromatic rings. The summed E-state index contributed by atoms with van der Waals surface area (Å²) in [5.41, 5.74) is 0. The zero-order valence-electron chi connectivity index (χ0n) is 7.95. The lowest BCUT2D eigenvalue weighted by atomic mass is 9.71. The molecule has 0 heterocycles. The van der Waals surface area contributed by atoms with E-state index in [0.717, 1.165) is 6.92 Å². The summed E-state index contributed by atoms with van der Waals surface area (Å²) in [7, 11) is 0. The Morgan fingerprint density at radius 2 is 1.15 bits per heavy atom. The second-order valence-corrected chi connectivity index (χ2v) is 4.11. The van der Waals surface area contributed by atoms with Gasteiger partial charge in [-0.2, -0.15) is 0 Å². The largest absolute Gasteiger partial charge is 0.258 e. The van der Waals surface area contributed by atoms with Crippen LogP contribution in [0.5, 0.6) is 0 Å². The van der Waals surface area contributed by atoms with Crippen LogP contribution in [0.15, 0.2) is 0 Å². The summed E-state index contributed by atoms with van der Waals surface area (Å²) in [5, 5.41) is 0. The van der Waals surface area contributed by atoms with Crippen molar-refractivity contribution in [3.05, 3.63) is 0 Å². The summed E-state index contributed by atoms with van der Waals surface area (Å²) in [6.07, 6.45) is -0.107. The summed E-state index contributed by atoms with van der Waals surface area (Å²) in [5.74, 6) is -10.2. The minimum absolute atomic E-state index is 0.107. The minimum Gasteiger partial charge on any atom is -0.206 e. The van der Waals surface area contributed by atoms with Crippen molar-refractivity contribution in [1.82, 2.24) is 0 Å². The van der Waals surface area contributed by atoms with E-state index < -0.39 is 29.6 Å². The molecule has 0 spiro atoms. The first-order valence-electron chi connectivity index (χ1n) is 4.46. The summed E-state index contributed by atoms with van der Waals surface area (Å²) < 4.78 is 52.7. The van der Waals surface area contributed by atoms with Gasteiger partial charge >= 0.3 is 0 Å². The molecule has 1 aliphatic rings. The predicted molar refractivity (Wildman–Crippen MR) is 42.0 cm³/mol. The average molecular weight is 198 g/mol. The van der Waals surface area contributed by atoms with Gasteiger partial charge in [-0.05, 0) is 6.42 Å². The van der Waals surface area contributed by atoms with Crippen LogP contribution >= 0.6 is 0 Å². The molecule has 1 saturated carbocycles. The van der Waals surface area contributed by atoms with Gasteiger partial charge in [-0.15, -0.1) is 0 Å². The zero-order valence-corrected chi connectivity index (χ0v) is 7.95. The molecule has 0 bridgehead atoms. The fraction of sp³-hybridized carbons (Fsp3) is 1.00. The second-order valence-electron chi connectivity index (χ2n) is 4.11. The second kappa shape index (κ2) is 2.85. The van der Waals surface area contributed by atoms with Crippen molar-refractivity contribution in [3.63, 3.8) is 0 Å². The lowest BCUT2D eigenvalue weighted by Crippen LogP contribution is -2.52. The number of alkyl halides is 4. The van der Waals surface area contributed by atoms with Gasteiger partial charge in [-0.1, -0.05) is 20.8 Å². The van der Waals surface area contributed by atoms with E-state index in [0.29, 0.717) is 0 Å². The summed E-state index contributed by atoms with van der Waals surface area (Å²) in [6, 6.07) is 0. The molecule has 4 heteroatoms. The first kappa shape index (κ1) is 10.8. The van der Waals surface area contributed by atoms with Crippen LogP contribution in [0.1, 0.15) is 27.2 Å². The molecule has 78 valence electrons. The highest BCUT2D eigenvalue weighted by Crippen LogP contribution is 2.52. The Bertz CT molecular complexity index is 180. The lowest BCUT2D eigenvalue weighted by molar-refractivity contribution is -0.242. The van der Waals surface area contributed by atoms with Crippen LogP contribution in [-0.4, -0.2) is 11.8 Å². The molecule has 1 rings (SSSR count). The first-order valence-corrected chi connectivity index (χ1v) is 4.46. The molecule has 2 unspecified atom stereocenters. The average Bonchev–Trinajstić information content (AvgIpc) is 2.00. The van der Waals surface area contributed by atoms with E-state index >= 15 is 0 Å². The van der Waals surface area contributed by atoms with Crippen molar-refractivity contribution >= 4 is 0 Å². The zero-order chi connectivity index (χ0) is 10.4. The fourth-order valence-corrected chi connectivity index (χ4v) is 1.95. The highest BCUT2D eigenvalue weighted by Gasteiger charge is 2.61. The standard InChI is InChI=1S/C9H14F4/c1-5-4-6(2)9(12,13)7(3)8(5,10)11/h5-7H,4H2,1-3H3. The number of hydrogen-bond donors (Lipinski definition) is 0. The Kier molecular flexibility index (Phi) is 2.37. The monoisotopic (exact) mass is 198 g/mol. The number of halogens is 4. The van der Waals surface area contributed by atoms with E-state index in [4.69, 9.17) is 0 Å². The third kappa shape index (κ3) is 1.44. The molecule has 0 aromatic carbocycles. The van der Waals surface area contributed by atoms with Crippen LogP contribution in [0.2, 0.25) is 0 Å². The summed E-state index contributed by atoms with van der Waals surface area (Å²) in [6.45, 7) is 3.61. The molecule has 13 heavy (non-hydrogen) atoms. The third-order valence-electron chi connectivity index (χ3n) is 3.18. The predicted octanol–water partition coefficient (Wildman–Crippen LogP) is 3.57. The molecular weight excluding hydrogens is 184 g/mol. The van der Waals surface area contributed by atoms with Crippen molar-refractivity contribution in [3.8, 4) is 0 Å². The van der Waals surface area contributed by atoms with Gasteiger partial charge in [-0.3, -0.25) is 0 Å². The Balaban J connectivity index is 2.96. The van der Waals surface area contributed by atoms with Crippen LogP contribution in [0, 0.1) is 17.8 Å². The van der Waals surface area contributed by atoms with Crippen molar-refractivity contribution in [2.45, 2.75) is 39.0 Å². The van der Waals surface area contributed by atoms with Gasteiger partial charge in [0, 0.05) is 11.8 Å². The molecule has 0 saturated heterocycles. The van der Waals surface area contributed by atoms with E-state index in [1.54, 1.807) is 0 Å². The van der Waals surface area contributed by atoms with Crippen LogP contribution in [0.25, 0.3) is 0 Å². The molecule has 1 fully saturated rings. The van der Waals surface area contributed by atoms with Crippen LogP contribution in [0.4, 0.5) is 17.6 Å². The van der Waals surface area contributed by atoms with E-state index in [1.165, 1.54) is 13.8 Å². The van der Waals surface area contributed by atoms with Crippen LogP contribution in [-0.2, 0) is 0 Å². The van der Waals surface area contributed by atoms with E-state index in [1.807, 2.05) is 0 Å². The normalized spacial score (nSPS) is 43.2. The molecule has 0 amide bonds. The van der Waals surface area contributed by atoms with Gasteiger partial charge in [0.05, 0.1) is 5.92 Å². The van der Waals surface area contributed by atoms with Crippen molar-refractivity contribution in [1.29, 1.82) is 0 Å². The maximum Gasteiger partial charge on any atom is 0.258 e. The van der Waals surface area contributed by atoms with Gasteiger partial charge in [0.15, 0.2) is 0 Å². The van der Waals surface area contributed by atoms with E-state index in [2.05, 4.69) is 0 Å². The highest BCUT2D eigenvalue weighted by atomic mass is 19.3. The van der Waals surface area contributed by atoms with E-state index in [9.17, 15) is 17.6 Å². The van der Waals surface area contributed by atoms with Gasteiger partial charge in [0.2, 0.25) is 0 Å². The maximum absolute atomic E-state index is 13.2. The van der Waals surface area contributed by atoms with Gasteiger partial charge in [0.25, 0.3) is 11.8 Å². The Labute approximate surface area is 75.3 Å². The Morgan fingerprint density at radius 1 is 0.846 bits per heavy atom. The molecule has 1 aliphatic carbocycles.